The highest BCUT2D eigenvalue weighted by molar-refractivity contribution is 5.87. The number of carbonyl (C=O) groups is 1. The zero-order chi connectivity index (χ0) is 13.7. The summed E-state index contributed by atoms with van der Waals surface area (Å²) in [4.78, 5) is 13.1. The first-order valence-electron chi connectivity index (χ1n) is 6.85. The Kier molecular flexibility index (Phi) is 4.99. The van der Waals surface area contributed by atoms with Crippen molar-refractivity contribution in [2.45, 2.75) is 25.8 Å². The Morgan fingerprint density at radius 1 is 1.53 bits per heavy atom. The zero-order valence-corrected chi connectivity index (χ0v) is 11.4. The number of hydrogen-bond acceptors (Lipinski definition) is 4. The lowest BCUT2D eigenvalue weighted by atomic mass is 9.94. The van der Waals surface area contributed by atoms with Crippen LogP contribution in [0.3, 0.4) is 0 Å². The summed E-state index contributed by atoms with van der Waals surface area (Å²) in [5.41, 5.74) is 0.215. The van der Waals surface area contributed by atoms with Crippen LogP contribution in [0.5, 0.6) is 0 Å². The molecule has 1 aliphatic heterocycles. The Morgan fingerprint density at radius 3 is 2.89 bits per heavy atom. The highest BCUT2D eigenvalue weighted by atomic mass is 16.4. The van der Waals surface area contributed by atoms with Crippen LogP contribution < -0.4 is 5.32 Å². The van der Waals surface area contributed by atoms with Gasteiger partial charge in [0.25, 0.3) is 0 Å². The van der Waals surface area contributed by atoms with Gasteiger partial charge in [-0.05, 0) is 57.9 Å². The van der Waals surface area contributed by atoms with Crippen molar-refractivity contribution in [1.82, 2.24) is 10.2 Å². The van der Waals surface area contributed by atoms with Crippen LogP contribution in [0, 0.1) is 5.92 Å². The molecule has 0 atom stereocenters. The van der Waals surface area contributed by atoms with E-state index in [0.717, 1.165) is 12.5 Å². The van der Waals surface area contributed by atoms with Crippen LogP contribution in [-0.2, 0) is 6.54 Å². The molecule has 0 saturated carbocycles. The number of likely N-dealkylation sites (tertiary alicyclic amines) is 1. The van der Waals surface area contributed by atoms with Crippen LogP contribution in [-0.4, -0.2) is 42.7 Å². The van der Waals surface area contributed by atoms with Crippen molar-refractivity contribution >= 4 is 5.97 Å². The van der Waals surface area contributed by atoms with Crippen molar-refractivity contribution in [1.29, 1.82) is 0 Å². The van der Waals surface area contributed by atoms with Crippen LogP contribution in [0.15, 0.2) is 16.7 Å². The molecule has 5 nitrogen and oxygen atoms in total. The second kappa shape index (κ2) is 6.73. The number of hydrogen-bond donors (Lipinski definition) is 2. The zero-order valence-electron chi connectivity index (χ0n) is 11.4. The van der Waals surface area contributed by atoms with Crippen molar-refractivity contribution in [3.05, 3.63) is 23.7 Å². The van der Waals surface area contributed by atoms with E-state index in [9.17, 15) is 4.79 Å². The van der Waals surface area contributed by atoms with Crippen LogP contribution in [0.4, 0.5) is 0 Å². The highest BCUT2D eigenvalue weighted by Crippen LogP contribution is 2.18. The van der Waals surface area contributed by atoms with Gasteiger partial charge in [0.2, 0.25) is 0 Å². The third-order valence-electron chi connectivity index (χ3n) is 3.77. The van der Waals surface area contributed by atoms with Crippen LogP contribution in [0.25, 0.3) is 0 Å². The minimum atomic E-state index is -0.943. The Hall–Kier alpha value is -1.33. The van der Waals surface area contributed by atoms with Gasteiger partial charge in [-0.15, -0.1) is 0 Å². The Morgan fingerprint density at radius 2 is 2.26 bits per heavy atom. The summed E-state index contributed by atoms with van der Waals surface area (Å²) in [6.45, 7) is 3.95. The molecule has 0 aliphatic carbocycles. The summed E-state index contributed by atoms with van der Waals surface area (Å²) in [5.74, 6) is 0.553. The van der Waals surface area contributed by atoms with Crippen LogP contribution in [0.2, 0.25) is 0 Å². The summed E-state index contributed by atoms with van der Waals surface area (Å²) < 4.78 is 5.18. The standard InChI is InChI=1S/C14H22N2O3/c1-16-6-3-11(4-7-16)2-5-15-9-13-8-12(10-19-13)14(17)18/h8,10-11,15H,2-7,9H2,1H3,(H,17,18). The molecule has 1 aromatic heterocycles. The molecule has 1 aliphatic rings. The number of piperidine rings is 1. The van der Waals surface area contributed by atoms with Gasteiger partial charge in [0.05, 0.1) is 12.1 Å². The number of carboxylic acids is 1. The van der Waals surface area contributed by atoms with E-state index in [1.54, 1.807) is 6.07 Å². The van der Waals surface area contributed by atoms with Gasteiger partial charge in [0, 0.05) is 0 Å². The lowest BCUT2D eigenvalue weighted by molar-refractivity contribution is 0.0696. The van der Waals surface area contributed by atoms with Gasteiger partial charge in [-0.1, -0.05) is 0 Å². The number of rotatable bonds is 6. The summed E-state index contributed by atoms with van der Waals surface area (Å²) >= 11 is 0. The predicted molar refractivity (Wildman–Crippen MR) is 72.2 cm³/mol. The third kappa shape index (κ3) is 4.36. The van der Waals surface area contributed by atoms with E-state index in [2.05, 4.69) is 17.3 Å². The lowest BCUT2D eigenvalue weighted by Crippen LogP contribution is -2.31. The molecule has 19 heavy (non-hydrogen) atoms. The summed E-state index contributed by atoms with van der Waals surface area (Å²) in [7, 11) is 2.17. The first kappa shape index (κ1) is 14.1. The molecule has 1 saturated heterocycles. The van der Waals surface area contributed by atoms with Crippen molar-refractivity contribution in [3.8, 4) is 0 Å². The number of carboxylic acid groups (broad SMARTS) is 1. The van der Waals surface area contributed by atoms with E-state index in [1.165, 1.54) is 38.6 Å². The molecule has 1 fully saturated rings. The molecule has 2 heterocycles. The van der Waals surface area contributed by atoms with Gasteiger partial charge in [0.15, 0.2) is 0 Å². The number of nitrogens with zero attached hydrogens (tertiary/aromatic N) is 1. The molecule has 106 valence electrons. The largest absolute Gasteiger partial charge is 0.478 e. The minimum absolute atomic E-state index is 0.215. The van der Waals surface area contributed by atoms with Gasteiger partial charge in [-0.25, -0.2) is 4.79 Å². The van der Waals surface area contributed by atoms with Gasteiger partial charge in [-0.3, -0.25) is 0 Å². The average Bonchev–Trinajstić information content (AvgIpc) is 2.86. The first-order chi connectivity index (χ1) is 9.15. The maximum Gasteiger partial charge on any atom is 0.338 e. The topological polar surface area (TPSA) is 65.7 Å². The van der Waals surface area contributed by atoms with Crippen molar-refractivity contribution in [3.63, 3.8) is 0 Å². The fourth-order valence-electron chi connectivity index (χ4n) is 2.45. The van der Waals surface area contributed by atoms with E-state index in [1.807, 2.05) is 0 Å². The monoisotopic (exact) mass is 266 g/mol. The molecule has 0 unspecified atom stereocenters. The molecule has 0 amide bonds. The second-order valence-corrected chi connectivity index (χ2v) is 5.32. The summed E-state index contributed by atoms with van der Waals surface area (Å²) in [5, 5.41) is 12.1. The van der Waals surface area contributed by atoms with Crippen LogP contribution >= 0.6 is 0 Å². The molecular weight excluding hydrogens is 244 g/mol. The third-order valence-corrected chi connectivity index (χ3v) is 3.77. The quantitative estimate of drug-likeness (QED) is 0.769. The van der Waals surface area contributed by atoms with E-state index >= 15 is 0 Å². The molecule has 2 rings (SSSR count). The predicted octanol–water partition coefficient (Wildman–Crippen LogP) is 1.80. The van der Waals surface area contributed by atoms with Gasteiger partial charge in [0.1, 0.15) is 12.0 Å². The summed E-state index contributed by atoms with van der Waals surface area (Å²) in [6.07, 6.45) is 5.03. The van der Waals surface area contributed by atoms with Gasteiger partial charge in [-0.2, -0.15) is 0 Å². The minimum Gasteiger partial charge on any atom is -0.478 e. The molecule has 0 aromatic carbocycles. The SMILES string of the molecule is CN1CCC(CCNCc2cc(C(=O)O)co2)CC1. The highest BCUT2D eigenvalue weighted by Gasteiger charge is 2.16. The molecule has 5 heteroatoms. The smallest absolute Gasteiger partial charge is 0.338 e. The Balaban J connectivity index is 1.62. The summed E-state index contributed by atoms with van der Waals surface area (Å²) in [6, 6.07) is 1.57. The van der Waals surface area contributed by atoms with Crippen molar-refractivity contribution in [2.24, 2.45) is 5.92 Å². The maximum absolute atomic E-state index is 10.7. The van der Waals surface area contributed by atoms with Crippen LogP contribution in [0.1, 0.15) is 35.4 Å². The van der Waals surface area contributed by atoms with E-state index in [0.29, 0.717) is 12.3 Å². The van der Waals surface area contributed by atoms with Crippen molar-refractivity contribution < 1.29 is 14.3 Å². The molecular formula is C14H22N2O3. The Bertz CT molecular complexity index is 409. The molecule has 0 radical (unpaired) electrons. The number of furan rings is 1. The number of nitrogens with one attached hydrogen (secondary N) is 1. The van der Waals surface area contributed by atoms with E-state index < -0.39 is 5.97 Å². The van der Waals surface area contributed by atoms with E-state index in [-0.39, 0.29) is 5.56 Å². The lowest BCUT2D eigenvalue weighted by Gasteiger charge is -2.28. The average molecular weight is 266 g/mol. The molecule has 2 N–H and O–H groups in total. The fourth-order valence-corrected chi connectivity index (χ4v) is 2.45. The molecule has 0 spiro atoms. The fraction of sp³-hybridized carbons (Fsp3) is 0.643. The van der Waals surface area contributed by atoms with Crippen molar-refractivity contribution in [2.75, 3.05) is 26.7 Å². The first-order valence-corrected chi connectivity index (χ1v) is 6.85. The van der Waals surface area contributed by atoms with Gasteiger partial charge >= 0.3 is 5.97 Å². The second-order valence-electron chi connectivity index (χ2n) is 5.32. The number of aromatic carboxylic acids is 1. The molecule has 0 bridgehead atoms. The normalized spacial score (nSPS) is 17.7. The van der Waals surface area contributed by atoms with Gasteiger partial charge < -0.3 is 19.7 Å². The Labute approximate surface area is 113 Å². The maximum atomic E-state index is 10.7. The molecule has 1 aromatic rings. The van der Waals surface area contributed by atoms with E-state index in [4.69, 9.17) is 9.52 Å².